The smallest absolute Gasteiger partial charge is 0.270 e. The molecule has 1 aromatic heterocycles. The number of benzene rings is 1. The van der Waals surface area contributed by atoms with E-state index in [1.807, 2.05) is 6.92 Å². The van der Waals surface area contributed by atoms with Crippen LogP contribution >= 0.6 is 22.9 Å². The lowest BCUT2D eigenvalue weighted by molar-refractivity contribution is -0.384. The average Bonchev–Trinajstić information content (AvgIpc) is 2.81. The number of hydrogen-bond donors (Lipinski definition) is 1. The number of nitro benzene ring substituents is 1. The minimum Gasteiger partial charge on any atom is -0.312 e. The van der Waals surface area contributed by atoms with E-state index in [2.05, 4.69) is 15.7 Å². The molecule has 2 rings (SSSR count). The van der Waals surface area contributed by atoms with Gasteiger partial charge in [0.2, 0.25) is 0 Å². The number of thiazole rings is 1. The lowest BCUT2D eigenvalue weighted by Gasteiger charge is -2.06. The van der Waals surface area contributed by atoms with Gasteiger partial charge in [0.05, 0.1) is 20.6 Å². The third-order valence-corrected chi connectivity index (χ3v) is 3.96. The number of rotatable bonds is 6. The van der Waals surface area contributed by atoms with Crippen LogP contribution in [0.1, 0.15) is 16.3 Å². The van der Waals surface area contributed by atoms with E-state index in [9.17, 15) is 10.1 Å². The van der Waals surface area contributed by atoms with E-state index in [1.165, 1.54) is 12.1 Å². The van der Waals surface area contributed by atoms with Gasteiger partial charge in [-0.2, -0.15) is 0 Å². The van der Waals surface area contributed by atoms with Crippen LogP contribution in [0.5, 0.6) is 0 Å². The number of nitrogens with one attached hydrogen (secondary N) is 1. The molecule has 106 valence electrons. The summed E-state index contributed by atoms with van der Waals surface area (Å²) in [5, 5.41) is 17.4. The summed E-state index contributed by atoms with van der Waals surface area (Å²) in [6.45, 7) is 3.36. The molecule has 0 radical (unpaired) electrons. The molecule has 1 aromatic carbocycles. The second kappa shape index (κ2) is 6.78. The fraction of sp³-hybridized carbons (Fsp3) is 0.308. The first-order valence-corrected chi connectivity index (χ1v) is 7.36. The van der Waals surface area contributed by atoms with Gasteiger partial charge in [0, 0.05) is 37.0 Å². The topological polar surface area (TPSA) is 68.1 Å². The molecule has 1 heterocycles. The highest BCUT2D eigenvalue weighted by atomic mass is 35.5. The van der Waals surface area contributed by atoms with Crippen LogP contribution in [-0.4, -0.2) is 16.5 Å². The first kappa shape index (κ1) is 14.9. The normalized spacial score (nSPS) is 10.7. The Balaban J connectivity index is 1.83. The molecule has 0 saturated heterocycles. The highest BCUT2D eigenvalue weighted by molar-refractivity contribution is 7.09. The zero-order valence-electron chi connectivity index (χ0n) is 10.9. The van der Waals surface area contributed by atoms with Crippen molar-refractivity contribution in [2.45, 2.75) is 19.9 Å². The SMILES string of the molecule is Cc1nc(CCNCc2ccc([N+](=O)[O-])cc2Cl)cs1. The Bertz CT molecular complexity index is 615. The molecule has 0 unspecified atom stereocenters. The van der Waals surface area contributed by atoms with Crippen molar-refractivity contribution < 1.29 is 4.92 Å². The molecule has 20 heavy (non-hydrogen) atoms. The van der Waals surface area contributed by atoms with Crippen molar-refractivity contribution >= 4 is 28.6 Å². The van der Waals surface area contributed by atoms with Crippen LogP contribution in [0.3, 0.4) is 0 Å². The van der Waals surface area contributed by atoms with Gasteiger partial charge in [0.1, 0.15) is 0 Å². The molecule has 0 amide bonds. The Morgan fingerprint density at radius 3 is 2.90 bits per heavy atom. The van der Waals surface area contributed by atoms with Gasteiger partial charge < -0.3 is 5.32 Å². The second-order valence-electron chi connectivity index (χ2n) is 4.32. The molecule has 0 saturated carbocycles. The summed E-state index contributed by atoms with van der Waals surface area (Å²) < 4.78 is 0. The molecule has 0 aliphatic rings. The number of non-ortho nitro benzene ring substituents is 1. The molecule has 0 aliphatic carbocycles. The largest absolute Gasteiger partial charge is 0.312 e. The zero-order valence-corrected chi connectivity index (χ0v) is 12.5. The molecular formula is C13H14ClN3O2S. The number of aryl methyl sites for hydroxylation is 1. The number of hydrogen-bond acceptors (Lipinski definition) is 5. The van der Waals surface area contributed by atoms with E-state index < -0.39 is 4.92 Å². The summed E-state index contributed by atoms with van der Waals surface area (Å²) in [4.78, 5) is 14.5. The van der Waals surface area contributed by atoms with Gasteiger partial charge in [-0.15, -0.1) is 11.3 Å². The highest BCUT2D eigenvalue weighted by Crippen LogP contribution is 2.22. The molecule has 1 N–H and O–H groups in total. The maximum absolute atomic E-state index is 10.6. The Morgan fingerprint density at radius 1 is 1.50 bits per heavy atom. The van der Waals surface area contributed by atoms with Crippen molar-refractivity contribution in [2.24, 2.45) is 0 Å². The minimum absolute atomic E-state index is 0.0108. The Kier molecular flexibility index (Phi) is 5.05. The first-order valence-electron chi connectivity index (χ1n) is 6.11. The third kappa shape index (κ3) is 4.00. The summed E-state index contributed by atoms with van der Waals surface area (Å²) in [7, 11) is 0. The average molecular weight is 312 g/mol. The number of aromatic nitrogens is 1. The van der Waals surface area contributed by atoms with Gasteiger partial charge in [-0.3, -0.25) is 10.1 Å². The van der Waals surface area contributed by atoms with Gasteiger partial charge in [0.15, 0.2) is 0 Å². The molecule has 0 fully saturated rings. The van der Waals surface area contributed by atoms with Crippen LogP contribution in [0.15, 0.2) is 23.6 Å². The Morgan fingerprint density at radius 2 is 2.30 bits per heavy atom. The Hall–Kier alpha value is -1.50. The number of nitrogens with zero attached hydrogens (tertiary/aromatic N) is 2. The molecule has 0 spiro atoms. The quantitative estimate of drug-likeness (QED) is 0.504. The number of nitro groups is 1. The summed E-state index contributed by atoms with van der Waals surface area (Å²) >= 11 is 7.66. The van der Waals surface area contributed by atoms with E-state index >= 15 is 0 Å². The fourth-order valence-corrected chi connectivity index (χ4v) is 2.64. The Labute approximate surface area is 125 Å². The van der Waals surface area contributed by atoms with Crippen LogP contribution in [-0.2, 0) is 13.0 Å². The summed E-state index contributed by atoms with van der Waals surface area (Å²) in [6, 6.07) is 4.52. The van der Waals surface area contributed by atoms with Gasteiger partial charge >= 0.3 is 0 Å². The van der Waals surface area contributed by atoms with E-state index in [4.69, 9.17) is 11.6 Å². The molecule has 0 bridgehead atoms. The minimum atomic E-state index is -0.451. The molecule has 7 heteroatoms. The highest BCUT2D eigenvalue weighted by Gasteiger charge is 2.09. The fourth-order valence-electron chi connectivity index (χ4n) is 1.76. The zero-order chi connectivity index (χ0) is 14.5. The standard InChI is InChI=1S/C13H14ClN3O2S/c1-9-16-11(8-20-9)4-5-15-7-10-2-3-12(17(18)19)6-13(10)14/h2-3,6,8,15H,4-5,7H2,1H3. The predicted molar refractivity (Wildman–Crippen MR) is 80.4 cm³/mol. The van der Waals surface area contributed by atoms with E-state index in [0.717, 1.165) is 29.2 Å². The molecule has 5 nitrogen and oxygen atoms in total. The summed E-state index contributed by atoms with van der Waals surface area (Å²) in [5.74, 6) is 0. The summed E-state index contributed by atoms with van der Waals surface area (Å²) in [5.41, 5.74) is 1.94. The van der Waals surface area contributed by atoms with Crippen molar-refractivity contribution in [1.29, 1.82) is 0 Å². The summed E-state index contributed by atoms with van der Waals surface area (Å²) in [6.07, 6.45) is 0.856. The first-order chi connectivity index (χ1) is 9.56. The van der Waals surface area contributed by atoms with Crippen molar-refractivity contribution in [3.63, 3.8) is 0 Å². The molecular weight excluding hydrogens is 298 g/mol. The lowest BCUT2D eigenvalue weighted by Crippen LogP contribution is -2.17. The number of halogens is 1. The third-order valence-electron chi connectivity index (χ3n) is 2.79. The lowest BCUT2D eigenvalue weighted by atomic mass is 10.2. The monoisotopic (exact) mass is 311 g/mol. The van der Waals surface area contributed by atoms with Crippen LogP contribution in [0.4, 0.5) is 5.69 Å². The van der Waals surface area contributed by atoms with E-state index in [1.54, 1.807) is 17.4 Å². The van der Waals surface area contributed by atoms with Gasteiger partial charge in [-0.05, 0) is 18.6 Å². The van der Waals surface area contributed by atoms with Crippen molar-refractivity contribution in [3.05, 3.63) is 55.0 Å². The maximum Gasteiger partial charge on any atom is 0.270 e. The van der Waals surface area contributed by atoms with E-state index in [-0.39, 0.29) is 5.69 Å². The van der Waals surface area contributed by atoms with E-state index in [0.29, 0.717) is 11.6 Å². The van der Waals surface area contributed by atoms with Gasteiger partial charge in [-0.25, -0.2) is 4.98 Å². The van der Waals surface area contributed by atoms with Crippen LogP contribution in [0, 0.1) is 17.0 Å². The second-order valence-corrected chi connectivity index (χ2v) is 5.79. The maximum atomic E-state index is 10.6. The van der Waals surface area contributed by atoms with Crippen LogP contribution in [0.25, 0.3) is 0 Å². The molecule has 0 atom stereocenters. The van der Waals surface area contributed by atoms with Crippen LogP contribution in [0.2, 0.25) is 5.02 Å². The van der Waals surface area contributed by atoms with Crippen molar-refractivity contribution in [3.8, 4) is 0 Å². The molecule has 2 aromatic rings. The van der Waals surface area contributed by atoms with Crippen molar-refractivity contribution in [2.75, 3.05) is 6.54 Å². The predicted octanol–water partition coefficient (Wildman–Crippen LogP) is 3.35. The van der Waals surface area contributed by atoms with Gasteiger partial charge in [0.25, 0.3) is 5.69 Å². The van der Waals surface area contributed by atoms with Crippen LogP contribution < -0.4 is 5.32 Å². The molecule has 0 aliphatic heterocycles. The van der Waals surface area contributed by atoms with Gasteiger partial charge in [-0.1, -0.05) is 11.6 Å². The van der Waals surface area contributed by atoms with Crippen molar-refractivity contribution in [1.82, 2.24) is 10.3 Å².